The van der Waals surface area contributed by atoms with Crippen LogP contribution in [0.15, 0.2) is 23.0 Å². The molecule has 2 aromatic heterocycles. The van der Waals surface area contributed by atoms with Crippen molar-refractivity contribution in [3.8, 4) is 0 Å². The molecule has 0 aromatic carbocycles. The van der Waals surface area contributed by atoms with Crippen LogP contribution in [0.1, 0.15) is 0 Å². The summed E-state index contributed by atoms with van der Waals surface area (Å²) in [4.78, 5) is 5.84. The average molecular weight is 163 g/mol. The lowest BCUT2D eigenvalue weighted by Crippen LogP contribution is -2.08. The van der Waals surface area contributed by atoms with E-state index in [1.165, 1.54) is 0 Å². The number of anilines is 1. The highest BCUT2D eigenvalue weighted by molar-refractivity contribution is 5.87. The van der Waals surface area contributed by atoms with E-state index in [1.54, 1.807) is 12.4 Å². The molecule has 0 bridgehead atoms. The van der Waals surface area contributed by atoms with Gasteiger partial charge in [-0.15, -0.1) is 0 Å². The largest absolute Gasteiger partial charge is 0.359 e. The van der Waals surface area contributed by atoms with E-state index in [4.69, 9.17) is 4.52 Å². The smallest absolute Gasteiger partial charge is 0.187 e. The Hall–Kier alpha value is -1.58. The summed E-state index contributed by atoms with van der Waals surface area (Å²) in [5, 5.41) is 4.90. The highest BCUT2D eigenvalue weighted by atomic mass is 16.5. The van der Waals surface area contributed by atoms with E-state index in [2.05, 4.69) is 10.1 Å². The van der Waals surface area contributed by atoms with E-state index >= 15 is 0 Å². The molecule has 4 nitrogen and oxygen atoms in total. The van der Waals surface area contributed by atoms with Crippen molar-refractivity contribution in [3.63, 3.8) is 0 Å². The highest BCUT2D eigenvalue weighted by Gasteiger charge is 2.07. The lowest BCUT2D eigenvalue weighted by atomic mass is 10.3. The van der Waals surface area contributed by atoms with Crippen molar-refractivity contribution in [1.82, 2.24) is 10.1 Å². The van der Waals surface area contributed by atoms with Gasteiger partial charge in [-0.3, -0.25) is 4.98 Å². The van der Waals surface area contributed by atoms with Crippen LogP contribution in [0.2, 0.25) is 0 Å². The zero-order valence-corrected chi connectivity index (χ0v) is 6.98. The normalized spacial score (nSPS) is 10.5. The van der Waals surface area contributed by atoms with Crippen molar-refractivity contribution in [2.24, 2.45) is 0 Å². The van der Waals surface area contributed by atoms with Crippen molar-refractivity contribution < 1.29 is 4.52 Å². The Balaban J connectivity index is 2.70. The molecule has 0 aliphatic carbocycles. The van der Waals surface area contributed by atoms with Crippen LogP contribution < -0.4 is 4.90 Å². The van der Waals surface area contributed by atoms with Crippen LogP contribution in [0.3, 0.4) is 0 Å². The second kappa shape index (κ2) is 2.48. The van der Waals surface area contributed by atoms with Gasteiger partial charge in [0.1, 0.15) is 0 Å². The maximum Gasteiger partial charge on any atom is 0.187 e. The Kier molecular flexibility index (Phi) is 1.46. The Morgan fingerprint density at radius 2 is 2.25 bits per heavy atom. The maximum atomic E-state index is 5.06. The van der Waals surface area contributed by atoms with E-state index in [1.807, 2.05) is 25.1 Å². The van der Waals surface area contributed by atoms with Crippen LogP contribution in [0.25, 0.3) is 11.0 Å². The third-order valence-electron chi connectivity index (χ3n) is 1.68. The summed E-state index contributed by atoms with van der Waals surface area (Å²) >= 11 is 0. The monoisotopic (exact) mass is 163 g/mol. The van der Waals surface area contributed by atoms with Crippen LogP contribution in [-0.4, -0.2) is 24.2 Å². The third kappa shape index (κ3) is 0.922. The number of hydrogen-bond donors (Lipinski definition) is 0. The summed E-state index contributed by atoms with van der Waals surface area (Å²) in [6.45, 7) is 0. The third-order valence-corrected chi connectivity index (χ3v) is 1.68. The SMILES string of the molecule is CN(C)c1noc2cnccc12. The van der Waals surface area contributed by atoms with E-state index in [-0.39, 0.29) is 0 Å². The fourth-order valence-corrected chi connectivity index (χ4v) is 1.10. The number of nitrogens with zero attached hydrogens (tertiary/aromatic N) is 3. The first-order valence-electron chi connectivity index (χ1n) is 3.66. The van der Waals surface area contributed by atoms with Crippen molar-refractivity contribution in [3.05, 3.63) is 18.5 Å². The number of aromatic nitrogens is 2. The zero-order valence-electron chi connectivity index (χ0n) is 6.98. The molecular weight excluding hydrogens is 154 g/mol. The van der Waals surface area contributed by atoms with Crippen molar-refractivity contribution in [1.29, 1.82) is 0 Å². The summed E-state index contributed by atoms with van der Waals surface area (Å²) in [5.74, 6) is 0.840. The quantitative estimate of drug-likeness (QED) is 0.635. The predicted octanol–water partition coefficient (Wildman–Crippen LogP) is 1.29. The fraction of sp³-hybridized carbons (Fsp3) is 0.250. The Labute approximate surface area is 69.8 Å². The molecule has 0 aliphatic heterocycles. The molecule has 0 radical (unpaired) electrons. The van der Waals surface area contributed by atoms with Crippen LogP contribution in [-0.2, 0) is 0 Å². The lowest BCUT2D eigenvalue weighted by molar-refractivity contribution is 0.456. The molecule has 0 fully saturated rings. The molecule has 2 aromatic rings. The number of hydrogen-bond acceptors (Lipinski definition) is 4. The van der Waals surface area contributed by atoms with Gasteiger partial charge < -0.3 is 9.42 Å². The Morgan fingerprint density at radius 1 is 1.42 bits per heavy atom. The first kappa shape index (κ1) is 7.09. The van der Waals surface area contributed by atoms with Crippen molar-refractivity contribution in [2.45, 2.75) is 0 Å². The molecule has 12 heavy (non-hydrogen) atoms. The Bertz CT molecular complexity index is 394. The molecule has 0 unspecified atom stereocenters. The van der Waals surface area contributed by atoms with Gasteiger partial charge >= 0.3 is 0 Å². The van der Waals surface area contributed by atoms with Gasteiger partial charge in [-0.05, 0) is 6.07 Å². The lowest BCUT2D eigenvalue weighted by Gasteiger charge is -2.05. The van der Waals surface area contributed by atoms with Gasteiger partial charge in [0.05, 0.1) is 11.6 Å². The molecule has 0 atom stereocenters. The summed E-state index contributed by atoms with van der Waals surface area (Å²) in [5.41, 5.74) is 0.723. The molecule has 2 rings (SSSR count). The van der Waals surface area contributed by atoms with Gasteiger partial charge in [-0.2, -0.15) is 0 Å². The minimum Gasteiger partial charge on any atom is -0.359 e. The molecule has 0 amide bonds. The van der Waals surface area contributed by atoms with Gasteiger partial charge in [-0.1, -0.05) is 5.16 Å². The molecule has 0 saturated carbocycles. The molecule has 0 aliphatic rings. The summed E-state index contributed by atoms with van der Waals surface area (Å²) < 4.78 is 5.06. The Morgan fingerprint density at radius 3 is 3.00 bits per heavy atom. The summed E-state index contributed by atoms with van der Waals surface area (Å²) in [6, 6.07) is 1.89. The van der Waals surface area contributed by atoms with Crippen molar-refractivity contribution >= 4 is 16.8 Å². The van der Waals surface area contributed by atoms with E-state index < -0.39 is 0 Å². The van der Waals surface area contributed by atoms with Crippen LogP contribution in [0.4, 0.5) is 5.82 Å². The maximum absolute atomic E-state index is 5.06. The molecule has 0 N–H and O–H groups in total. The minimum atomic E-state index is 0.723. The topological polar surface area (TPSA) is 42.2 Å². The van der Waals surface area contributed by atoms with Crippen molar-refractivity contribution in [2.75, 3.05) is 19.0 Å². The fourth-order valence-electron chi connectivity index (χ4n) is 1.10. The first-order chi connectivity index (χ1) is 5.79. The molecule has 0 spiro atoms. The van der Waals surface area contributed by atoms with Crippen LogP contribution >= 0.6 is 0 Å². The first-order valence-corrected chi connectivity index (χ1v) is 3.66. The standard InChI is InChI=1S/C8H9N3O/c1-11(2)8-6-3-4-9-5-7(6)12-10-8/h3-5H,1-2H3. The van der Waals surface area contributed by atoms with Gasteiger partial charge in [0.15, 0.2) is 11.4 Å². The summed E-state index contributed by atoms with van der Waals surface area (Å²) in [7, 11) is 3.86. The van der Waals surface area contributed by atoms with E-state index in [9.17, 15) is 0 Å². The van der Waals surface area contributed by atoms with Gasteiger partial charge in [0.25, 0.3) is 0 Å². The van der Waals surface area contributed by atoms with E-state index in [0.29, 0.717) is 0 Å². The van der Waals surface area contributed by atoms with Crippen LogP contribution in [0, 0.1) is 0 Å². The average Bonchev–Trinajstić information content (AvgIpc) is 2.47. The van der Waals surface area contributed by atoms with Gasteiger partial charge in [0.2, 0.25) is 0 Å². The van der Waals surface area contributed by atoms with Crippen LogP contribution in [0.5, 0.6) is 0 Å². The molecule has 0 saturated heterocycles. The molecule has 2 heterocycles. The molecule has 62 valence electrons. The molecular formula is C8H9N3O. The highest BCUT2D eigenvalue weighted by Crippen LogP contribution is 2.22. The summed E-state index contributed by atoms with van der Waals surface area (Å²) in [6.07, 6.45) is 3.39. The zero-order chi connectivity index (χ0) is 8.55. The second-order valence-corrected chi connectivity index (χ2v) is 2.77. The van der Waals surface area contributed by atoms with Gasteiger partial charge in [-0.25, -0.2) is 0 Å². The number of pyridine rings is 1. The van der Waals surface area contributed by atoms with E-state index in [0.717, 1.165) is 16.8 Å². The number of fused-ring (bicyclic) bond motifs is 1. The van der Waals surface area contributed by atoms with Gasteiger partial charge in [0, 0.05) is 20.3 Å². The predicted molar refractivity (Wildman–Crippen MR) is 46.1 cm³/mol. The molecule has 4 heteroatoms. The minimum absolute atomic E-state index is 0.723. The number of rotatable bonds is 1. The second-order valence-electron chi connectivity index (χ2n) is 2.77.